The number of methoxy groups -OCH3 is 1. The lowest BCUT2D eigenvalue weighted by atomic mass is 10.0. The van der Waals surface area contributed by atoms with Gasteiger partial charge in [0.05, 0.1) is 31.1 Å². The van der Waals surface area contributed by atoms with Gasteiger partial charge in [0, 0.05) is 26.1 Å². The van der Waals surface area contributed by atoms with Crippen LogP contribution in [0, 0.1) is 5.82 Å². The summed E-state index contributed by atoms with van der Waals surface area (Å²) in [6, 6.07) is 14.1. The number of aliphatic hydroxyl groups excluding tert-OH is 1. The number of rotatable bonds is 10. The standard InChI is InChI=1S/C25H33FN2O4/c1-25(2,3)31-17-21(29)15-28(14-18-6-5-7-22(12-18)30-4)16-23-13-24(27-32-23)19-8-10-20(26)11-9-19/h5-12,21,23,29H,13-17H2,1-4H3. The van der Waals surface area contributed by atoms with Crippen molar-refractivity contribution in [3.8, 4) is 5.75 Å². The summed E-state index contributed by atoms with van der Waals surface area (Å²) in [5.41, 5.74) is 2.41. The van der Waals surface area contributed by atoms with Crippen LogP contribution in [-0.2, 0) is 16.1 Å². The van der Waals surface area contributed by atoms with Crippen LogP contribution in [-0.4, -0.2) is 60.3 Å². The second-order valence-corrected chi connectivity index (χ2v) is 9.10. The Bertz CT molecular complexity index is 896. The highest BCUT2D eigenvalue weighted by Gasteiger charge is 2.26. The van der Waals surface area contributed by atoms with Gasteiger partial charge in [-0.2, -0.15) is 0 Å². The highest BCUT2D eigenvalue weighted by molar-refractivity contribution is 6.01. The fourth-order valence-electron chi connectivity index (χ4n) is 3.56. The molecule has 0 fully saturated rings. The first-order chi connectivity index (χ1) is 15.2. The van der Waals surface area contributed by atoms with Gasteiger partial charge in [-0.1, -0.05) is 29.4 Å². The Balaban J connectivity index is 1.64. The number of hydrogen-bond acceptors (Lipinski definition) is 6. The summed E-state index contributed by atoms with van der Waals surface area (Å²) in [5.74, 6) is 0.513. The SMILES string of the molecule is COc1cccc(CN(CC(O)COC(C)(C)C)CC2CC(c3ccc(F)cc3)=NO2)c1. The van der Waals surface area contributed by atoms with E-state index in [1.54, 1.807) is 19.2 Å². The molecule has 1 heterocycles. The van der Waals surface area contributed by atoms with Gasteiger partial charge in [-0.05, 0) is 56.2 Å². The monoisotopic (exact) mass is 444 g/mol. The molecular weight excluding hydrogens is 411 g/mol. The van der Waals surface area contributed by atoms with Gasteiger partial charge in [0.25, 0.3) is 0 Å². The number of ether oxygens (including phenoxy) is 2. The molecule has 0 amide bonds. The van der Waals surface area contributed by atoms with E-state index in [9.17, 15) is 9.50 Å². The van der Waals surface area contributed by atoms with Crippen molar-refractivity contribution in [2.24, 2.45) is 5.16 Å². The number of halogens is 1. The first-order valence-electron chi connectivity index (χ1n) is 10.9. The molecule has 0 saturated carbocycles. The zero-order valence-corrected chi connectivity index (χ0v) is 19.3. The Labute approximate surface area is 189 Å². The maximum Gasteiger partial charge on any atom is 0.145 e. The molecule has 6 nitrogen and oxygen atoms in total. The summed E-state index contributed by atoms with van der Waals surface area (Å²) < 4.78 is 24.3. The van der Waals surface area contributed by atoms with Crippen LogP contribution in [0.1, 0.15) is 38.3 Å². The third-order valence-corrected chi connectivity index (χ3v) is 5.09. The fourth-order valence-corrected chi connectivity index (χ4v) is 3.56. The van der Waals surface area contributed by atoms with Crippen molar-refractivity contribution in [3.63, 3.8) is 0 Å². The van der Waals surface area contributed by atoms with E-state index in [2.05, 4.69) is 10.1 Å². The van der Waals surface area contributed by atoms with E-state index in [4.69, 9.17) is 14.3 Å². The van der Waals surface area contributed by atoms with Crippen LogP contribution in [0.25, 0.3) is 0 Å². The van der Waals surface area contributed by atoms with Gasteiger partial charge >= 0.3 is 0 Å². The number of oxime groups is 1. The normalized spacial score (nSPS) is 17.2. The van der Waals surface area contributed by atoms with Gasteiger partial charge < -0.3 is 19.4 Å². The molecule has 1 aliphatic rings. The molecule has 2 aromatic rings. The second kappa shape index (κ2) is 10.9. The number of benzene rings is 2. The van der Waals surface area contributed by atoms with Gasteiger partial charge in [0.15, 0.2) is 0 Å². The summed E-state index contributed by atoms with van der Waals surface area (Å²) in [6.07, 6.45) is -0.176. The van der Waals surface area contributed by atoms with Crippen molar-refractivity contribution in [2.45, 2.75) is 51.5 Å². The minimum Gasteiger partial charge on any atom is -0.497 e. The number of aliphatic hydroxyl groups is 1. The first-order valence-corrected chi connectivity index (χ1v) is 10.9. The largest absolute Gasteiger partial charge is 0.497 e. The van der Waals surface area contributed by atoms with Crippen LogP contribution in [0.4, 0.5) is 4.39 Å². The molecule has 2 unspecified atom stereocenters. The predicted molar refractivity (Wildman–Crippen MR) is 122 cm³/mol. The van der Waals surface area contributed by atoms with Crippen molar-refractivity contribution in [2.75, 3.05) is 26.8 Å². The van der Waals surface area contributed by atoms with E-state index in [1.165, 1.54) is 12.1 Å². The lowest BCUT2D eigenvalue weighted by molar-refractivity contribution is -0.0600. The van der Waals surface area contributed by atoms with Crippen molar-refractivity contribution >= 4 is 5.71 Å². The van der Waals surface area contributed by atoms with Crippen molar-refractivity contribution in [1.29, 1.82) is 0 Å². The van der Waals surface area contributed by atoms with E-state index in [0.29, 0.717) is 26.1 Å². The Hall–Kier alpha value is -2.48. The molecule has 1 aliphatic heterocycles. The van der Waals surface area contributed by atoms with Crippen molar-refractivity contribution in [1.82, 2.24) is 4.90 Å². The van der Waals surface area contributed by atoms with Crippen LogP contribution in [0.3, 0.4) is 0 Å². The maximum atomic E-state index is 13.2. The highest BCUT2D eigenvalue weighted by Crippen LogP contribution is 2.20. The van der Waals surface area contributed by atoms with Gasteiger partial charge in [-0.3, -0.25) is 4.90 Å². The van der Waals surface area contributed by atoms with E-state index >= 15 is 0 Å². The topological polar surface area (TPSA) is 63.5 Å². The molecule has 0 spiro atoms. The summed E-state index contributed by atoms with van der Waals surface area (Å²) in [4.78, 5) is 7.81. The lowest BCUT2D eigenvalue weighted by Gasteiger charge is -2.28. The third kappa shape index (κ3) is 7.58. The average molecular weight is 445 g/mol. The molecule has 32 heavy (non-hydrogen) atoms. The van der Waals surface area contributed by atoms with Crippen LogP contribution in [0.15, 0.2) is 53.7 Å². The van der Waals surface area contributed by atoms with Gasteiger partial charge in [0.1, 0.15) is 17.7 Å². The van der Waals surface area contributed by atoms with Crippen LogP contribution in [0.2, 0.25) is 0 Å². The maximum absolute atomic E-state index is 13.2. The van der Waals surface area contributed by atoms with Gasteiger partial charge in [0.2, 0.25) is 0 Å². The minimum atomic E-state index is -0.640. The minimum absolute atomic E-state index is 0.156. The lowest BCUT2D eigenvalue weighted by Crippen LogP contribution is -2.40. The smallest absolute Gasteiger partial charge is 0.145 e. The van der Waals surface area contributed by atoms with Gasteiger partial charge in [-0.25, -0.2) is 4.39 Å². The molecular formula is C25H33FN2O4. The van der Waals surface area contributed by atoms with Crippen LogP contribution >= 0.6 is 0 Å². The summed E-state index contributed by atoms with van der Waals surface area (Å²) >= 11 is 0. The molecule has 174 valence electrons. The number of nitrogens with zero attached hydrogens (tertiary/aromatic N) is 2. The first kappa shape index (κ1) is 24.2. The van der Waals surface area contributed by atoms with Crippen LogP contribution < -0.4 is 4.74 Å². The third-order valence-electron chi connectivity index (χ3n) is 5.09. The van der Waals surface area contributed by atoms with E-state index in [0.717, 1.165) is 22.6 Å². The number of hydrogen-bond donors (Lipinski definition) is 1. The van der Waals surface area contributed by atoms with E-state index in [1.807, 2.05) is 45.0 Å². The summed E-state index contributed by atoms with van der Waals surface area (Å²) in [7, 11) is 1.64. The zero-order chi connectivity index (χ0) is 23.1. The molecule has 0 radical (unpaired) electrons. The predicted octanol–water partition coefficient (Wildman–Crippen LogP) is 4.01. The molecule has 0 aliphatic carbocycles. The Morgan fingerprint density at radius 3 is 2.66 bits per heavy atom. The second-order valence-electron chi connectivity index (χ2n) is 9.10. The summed E-state index contributed by atoms with van der Waals surface area (Å²) in [5, 5.41) is 14.8. The molecule has 2 atom stereocenters. The molecule has 0 bridgehead atoms. The summed E-state index contributed by atoms with van der Waals surface area (Å²) in [6.45, 7) is 7.78. The van der Waals surface area contributed by atoms with E-state index in [-0.39, 0.29) is 24.1 Å². The average Bonchev–Trinajstić information content (AvgIpc) is 3.21. The zero-order valence-electron chi connectivity index (χ0n) is 19.3. The quantitative estimate of drug-likeness (QED) is 0.600. The Morgan fingerprint density at radius 1 is 1.22 bits per heavy atom. The Kier molecular flexibility index (Phi) is 8.23. The fraction of sp³-hybridized carbons (Fsp3) is 0.480. The van der Waals surface area contributed by atoms with Crippen molar-refractivity contribution < 1.29 is 23.8 Å². The van der Waals surface area contributed by atoms with Crippen molar-refractivity contribution in [3.05, 3.63) is 65.5 Å². The molecule has 0 aromatic heterocycles. The van der Waals surface area contributed by atoms with Crippen LogP contribution in [0.5, 0.6) is 5.75 Å². The highest BCUT2D eigenvalue weighted by atomic mass is 19.1. The molecule has 2 aromatic carbocycles. The molecule has 0 saturated heterocycles. The Morgan fingerprint density at radius 2 is 1.97 bits per heavy atom. The molecule has 7 heteroatoms. The van der Waals surface area contributed by atoms with Gasteiger partial charge in [-0.15, -0.1) is 0 Å². The molecule has 1 N–H and O–H groups in total. The molecule has 3 rings (SSSR count). The van der Waals surface area contributed by atoms with E-state index < -0.39 is 6.10 Å².